The van der Waals surface area contributed by atoms with E-state index in [4.69, 9.17) is 19.6 Å². The summed E-state index contributed by atoms with van der Waals surface area (Å²) in [6.07, 6.45) is 0. The first kappa shape index (κ1) is 13.6. The normalized spacial score (nSPS) is 15.4. The molecular formula is C16H16N2O3. The van der Waals surface area contributed by atoms with Gasteiger partial charge in [0.25, 0.3) is 5.91 Å². The van der Waals surface area contributed by atoms with Crippen LogP contribution in [0.25, 0.3) is 0 Å². The number of para-hydroxylation sites is 1. The van der Waals surface area contributed by atoms with Crippen molar-refractivity contribution < 1.29 is 14.2 Å². The third kappa shape index (κ3) is 2.16. The van der Waals surface area contributed by atoms with Gasteiger partial charge in [0.1, 0.15) is 17.3 Å². The van der Waals surface area contributed by atoms with Crippen LogP contribution in [0.5, 0.6) is 11.5 Å². The van der Waals surface area contributed by atoms with Crippen LogP contribution < -0.4 is 10.1 Å². The van der Waals surface area contributed by atoms with Crippen molar-refractivity contribution in [2.75, 3.05) is 14.2 Å². The third-order valence-corrected chi connectivity index (χ3v) is 3.47. The Kier molecular flexibility index (Phi) is 3.37. The molecule has 5 nitrogen and oxygen atoms in total. The van der Waals surface area contributed by atoms with Gasteiger partial charge in [-0.15, -0.1) is 0 Å². The number of fused-ring (bicyclic) bond motifs is 1. The lowest BCUT2D eigenvalue weighted by Crippen LogP contribution is -2.42. The molecule has 0 spiro atoms. The molecule has 3 rings (SSSR count). The Morgan fingerprint density at radius 2 is 1.67 bits per heavy atom. The van der Waals surface area contributed by atoms with Crippen LogP contribution >= 0.6 is 0 Å². The molecule has 5 heteroatoms. The highest BCUT2D eigenvalue weighted by atomic mass is 16.7. The molecule has 1 heterocycles. The molecule has 0 atom stereocenters. The molecule has 0 amide bonds. The average Bonchev–Trinajstić information content (AvgIpc) is 2.82. The monoisotopic (exact) mass is 284 g/mol. The van der Waals surface area contributed by atoms with Crippen molar-refractivity contribution in [1.29, 1.82) is 5.41 Å². The number of benzene rings is 2. The summed E-state index contributed by atoms with van der Waals surface area (Å²) in [5, 5.41) is 11.1. The molecule has 0 unspecified atom stereocenters. The maximum atomic E-state index is 8.15. The summed E-state index contributed by atoms with van der Waals surface area (Å²) >= 11 is 0. The molecule has 0 saturated carbocycles. The zero-order valence-electron chi connectivity index (χ0n) is 11.8. The van der Waals surface area contributed by atoms with Crippen LogP contribution in [0.15, 0.2) is 48.5 Å². The van der Waals surface area contributed by atoms with Crippen molar-refractivity contribution >= 4 is 5.84 Å². The molecule has 2 aromatic carbocycles. The van der Waals surface area contributed by atoms with E-state index in [0.29, 0.717) is 17.1 Å². The SMILES string of the molecule is COC1(OC)NC(=N)c2c(Oc3ccccc3)cccc21. The molecule has 1 aliphatic heterocycles. The van der Waals surface area contributed by atoms with Crippen molar-refractivity contribution in [3.8, 4) is 11.5 Å². The Morgan fingerprint density at radius 1 is 0.952 bits per heavy atom. The van der Waals surface area contributed by atoms with Crippen LogP contribution in [-0.4, -0.2) is 20.1 Å². The van der Waals surface area contributed by atoms with Gasteiger partial charge in [0.15, 0.2) is 0 Å². The van der Waals surface area contributed by atoms with E-state index in [-0.39, 0.29) is 5.84 Å². The quantitative estimate of drug-likeness (QED) is 0.847. The largest absolute Gasteiger partial charge is 0.457 e. The lowest BCUT2D eigenvalue weighted by atomic mass is 10.1. The Bertz CT molecular complexity index is 666. The maximum absolute atomic E-state index is 8.15. The van der Waals surface area contributed by atoms with Gasteiger partial charge in [-0.05, 0) is 18.2 Å². The molecule has 2 N–H and O–H groups in total. The predicted molar refractivity (Wildman–Crippen MR) is 78.6 cm³/mol. The smallest absolute Gasteiger partial charge is 0.279 e. The minimum atomic E-state index is -1.14. The van der Waals surface area contributed by atoms with Crippen molar-refractivity contribution in [3.05, 3.63) is 59.7 Å². The number of nitrogens with one attached hydrogen (secondary N) is 2. The lowest BCUT2D eigenvalue weighted by Gasteiger charge is -2.26. The highest BCUT2D eigenvalue weighted by Gasteiger charge is 2.44. The van der Waals surface area contributed by atoms with E-state index >= 15 is 0 Å². The highest BCUT2D eigenvalue weighted by molar-refractivity contribution is 6.03. The molecule has 0 aliphatic carbocycles. The fraction of sp³-hybridized carbons (Fsp3) is 0.188. The number of rotatable bonds is 4. The van der Waals surface area contributed by atoms with Gasteiger partial charge in [-0.25, -0.2) is 0 Å². The van der Waals surface area contributed by atoms with Crippen molar-refractivity contribution in [1.82, 2.24) is 5.32 Å². The first-order valence-electron chi connectivity index (χ1n) is 6.54. The van der Waals surface area contributed by atoms with Gasteiger partial charge in [-0.3, -0.25) is 5.41 Å². The average molecular weight is 284 g/mol. The summed E-state index contributed by atoms with van der Waals surface area (Å²) in [7, 11) is 3.06. The van der Waals surface area contributed by atoms with Gasteiger partial charge in [-0.2, -0.15) is 0 Å². The molecular weight excluding hydrogens is 268 g/mol. The molecule has 0 bridgehead atoms. The second-order valence-electron chi connectivity index (χ2n) is 4.62. The van der Waals surface area contributed by atoms with Gasteiger partial charge < -0.3 is 19.5 Å². The fourth-order valence-electron chi connectivity index (χ4n) is 2.46. The van der Waals surface area contributed by atoms with E-state index in [2.05, 4.69) is 5.32 Å². The highest BCUT2D eigenvalue weighted by Crippen LogP contribution is 2.38. The lowest BCUT2D eigenvalue weighted by molar-refractivity contribution is -0.223. The third-order valence-electron chi connectivity index (χ3n) is 3.47. The van der Waals surface area contributed by atoms with Crippen molar-refractivity contribution in [3.63, 3.8) is 0 Å². The summed E-state index contributed by atoms with van der Waals surface area (Å²) in [5.41, 5.74) is 1.37. The second-order valence-corrected chi connectivity index (χ2v) is 4.62. The molecule has 1 aliphatic rings. The van der Waals surface area contributed by atoms with Crippen LogP contribution in [0.4, 0.5) is 0 Å². The van der Waals surface area contributed by atoms with Crippen LogP contribution in [0.3, 0.4) is 0 Å². The van der Waals surface area contributed by atoms with Gasteiger partial charge in [0, 0.05) is 19.8 Å². The van der Waals surface area contributed by atoms with E-state index < -0.39 is 5.91 Å². The minimum Gasteiger partial charge on any atom is -0.457 e. The van der Waals surface area contributed by atoms with Gasteiger partial charge in [0.2, 0.25) is 0 Å². The van der Waals surface area contributed by atoms with E-state index in [1.165, 1.54) is 14.2 Å². The van der Waals surface area contributed by atoms with E-state index in [1.807, 2.05) is 48.5 Å². The number of hydrogen-bond donors (Lipinski definition) is 2. The summed E-state index contributed by atoms with van der Waals surface area (Å²) in [4.78, 5) is 0. The minimum absolute atomic E-state index is 0.209. The van der Waals surface area contributed by atoms with Crippen molar-refractivity contribution in [2.24, 2.45) is 0 Å². The van der Waals surface area contributed by atoms with Crippen LogP contribution in [0.1, 0.15) is 11.1 Å². The molecule has 0 radical (unpaired) electrons. The van der Waals surface area contributed by atoms with Gasteiger partial charge in [0.05, 0.1) is 5.56 Å². The first-order valence-corrected chi connectivity index (χ1v) is 6.54. The molecule has 0 fully saturated rings. The topological polar surface area (TPSA) is 63.6 Å². The van der Waals surface area contributed by atoms with Crippen LogP contribution in [0.2, 0.25) is 0 Å². The summed E-state index contributed by atoms with van der Waals surface area (Å²) in [5.74, 6) is 0.376. The Hall–Kier alpha value is -2.37. The maximum Gasteiger partial charge on any atom is 0.279 e. The zero-order valence-corrected chi connectivity index (χ0v) is 11.8. The number of ether oxygens (including phenoxy) is 3. The zero-order chi connectivity index (χ0) is 14.9. The van der Waals surface area contributed by atoms with E-state index in [1.54, 1.807) is 0 Å². The summed E-state index contributed by atoms with van der Waals surface area (Å²) < 4.78 is 16.7. The Balaban J connectivity index is 2.06. The molecule has 0 aromatic heterocycles. The Labute approximate surface area is 123 Å². The Morgan fingerprint density at radius 3 is 2.33 bits per heavy atom. The number of methoxy groups -OCH3 is 2. The van der Waals surface area contributed by atoms with E-state index in [9.17, 15) is 0 Å². The van der Waals surface area contributed by atoms with Crippen LogP contribution in [-0.2, 0) is 15.4 Å². The molecule has 0 saturated heterocycles. The number of hydrogen-bond acceptors (Lipinski definition) is 4. The van der Waals surface area contributed by atoms with Gasteiger partial charge >= 0.3 is 0 Å². The first-order chi connectivity index (χ1) is 10.2. The molecule has 21 heavy (non-hydrogen) atoms. The van der Waals surface area contributed by atoms with Crippen molar-refractivity contribution in [2.45, 2.75) is 5.91 Å². The molecule has 108 valence electrons. The van der Waals surface area contributed by atoms with Crippen LogP contribution in [0, 0.1) is 5.41 Å². The van der Waals surface area contributed by atoms with E-state index in [0.717, 1.165) is 5.56 Å². The summed E-state index contributed by atoms with van der Waals surface area (Å²) in [6.45, 7) is 0. The molecule has 2 aromatic rings. The number of amidine groups is 1. The van der Waals surface area contributed by atoms with Gasteiger partial charge in [-0.1, -0.05) is 30.3 Å². The predicted octanol–water partition coefficient (Wildman–Crippen LogP) is 2.81. The standard InChI is InChI=1S/C16H16N2O3/c1-19-16(20-2)12-9-6-10-13(14(12)15(17)18-16)21-11-7-4-3-5-8-11/h3-10H,1-2H3,(H2,17,18). The summed E-state index contributed by atoms with van der Waals surface area (Å²) in [6, 6.07) is 15.0. The second kappa shape index (κ2) is 5.20. The fourth-order valence-corrected chi connectivity index (χ4v) is 2.46.